The number of methoxy groups -OCH3 is 1. The summed E-state index contributed by atoms with van der Waals surface area (Å²) in [6, 6.07) is 7.98. The van der Waals surface area contributed by atoms with E-state index >= 15 is 0 Å². The summed E-state index contributed by atoms with van der Waals surface area (Å²) in [6.07, 6.45) is 2.84. The molecule has 3 amide bonds. The minimum absolute atomic E-state index is 0.00398. The molecule has 1 fully saturated rings. The van der Waals surface area contributed by atoms with Crippen molar-refractivity contribution in [2.75, 3.05) is 26.7 Å². The zero-order valence-corrected chi connectivity index (χ0v) is 13.8. The highest BCUT2D eigenvalue weighted by Gasteiger charge is 2.23. The van der Waals surface area contributed by atoms with Gasteiger partial charge in [-0.25, -0.2) is 4.79 Å². The van der Waals surface area contributed by atoms with Gasteiger partial charge in [-0.1, -0.05) is 18.2 Å². The Morgan fingerprint density at radius 3 is 2.65 bits per heavy atom. The quantitative estimate of drug-likeness (QED) is 0.764. The Hall–Kier alpha value is -2.24. The summed E-state index contributed by atoms with van der Waals surface area (Å²) in [5.41, 5.74) is 1.07. The maximum absolute atomic E-state index is 11.7. The van der Waals surface area contributed by atoms with Crippen LogP contribution in [0.2, 0.25) is 0 Å². The van der Waals surface area contributed by atoms with Gasteiger partial charge in [0.15, 0.2) is 0 Å². The highest BCUT2D eigenvalue weighted by Crippen LogP contribution is 2.18. The van der Waals surface area contributed by atoms with E-state index in [1.807, 2.05) is 24.3 Å². The molecule has 1 aliphatic carbocycles. The van der Waals surface area contributed by atoms with Crippen molar-refractivity contribution in [1.82, 2.24) is 15.5 Å². The van der Waals surface area contributed by atoms with Gasteiger partial charge in [0, 0.05) is 32.6 Å². The molecule has 1 aromatic carbocycles. The van der Waals surface area contributed by atoms with Crippen molar-refractivity contribution in [2.24, 2.45) is 0 Å². The van der Waals surface area contributed by atoms with Gasteiger partial charge in [0.05, 0.1) is 7.11 Å². The first-order chi connectivity index (χ1) is 11.1. The van der Waals surface area contributed by atoms with Crippen LogP contribution in [-0.4, -0.2) is 49.6 Å². The number of ether oxygens (including phenoxy) is 1. The Labute approximate surface area is 137 Å². The van der Waals surface area contributed by atoms with Crippen LogP contribution in [0.15, 0.2) is 24.3 Å². The van der Waals surface area contributed by atoms with Crippen LogP contribution in [0.5, 0.6) is 5.75 Å². The molecule has 0 aromatic heterocycles. The maximum Gasteiger partial charge on any atom is 0.315 e. The SMILES string of the molecule is COc1ccccc1CCN(CCNC(=O)NC1CC1)C(C)=O. The third-order valence-electron chi connectivity index (χ3n) is 3.87. The molecule has 1 saturated carbocycles. The maximum atomic E-state index is 11.7. The van der Waals surface area contributed by atoms with Crippen molar-refractivity contribution in [1.29, 1.82) is 0 Å². The monoisotopic (exact) mass is 319 g/mol. The first-order valence-electron chi connectivity index (χ1n) is 8.02. The fourth-order valence-corrected chi connectivity index (χ4v) is 2.36. The molecule has 0 atom stereocenters. The van der Waals surface area contributed by atoms with Crippen LogP contribution in [-0.2, 0) is 11.2 Å². The Morgan fingerprint density at radius 1 is 1.26 bits per heavy atom. The Balaban J connectivity index is 1.76. The molecule has 0 radical (unpaired) electrons. The van der Waals surface area contributed by atoms with E-state index in [1.54, 1.807) is 18.9 Å². The first kappa shape index (κ1) is 17.1. The smallest absolute Gasteiger partial charge is 0.315 e. The van der Waals surface area contributed by atoms with Gasteiger partial charge in [0.2, 0.25) is 5.91 Å². The average molecular weight is 319 g/mol. The van der Waals surface area contributed by atoms with E-state index in [9.17, 15) is 9.59 Å². The van der Waals surface area contributed by atoms with E-state index in [0.717, 1.165) is 30.6 Å². The lowest BCUT2D eigenvalue weighted by Crippen LogP contribution is -2.42. The van der Waals surface area contributed by atoms with Crippen molar-refractivity contribution in [3.05, 3.63) is 29.8 Å². The van der Waals surface area contributed by atoms with Crippen LogP contribution in [0, 0.1) is 0 Å². The van der Waals surface area contributed by atoms with E-state index in [-0.39, 0.29) is 11.9 Å². The molecule has 1 aromatic rings. The number of amides is 3. The molecule has 0 saturated heterocycles. The fraction of sp³-hybridized carbons (Fsp3) is 0.529. The Morgan fingerprint density at radius 2 is 2.00 bits per heavy atom. The highest BCUT2D eigenvalue weighted by molar-refractivity contribution is 5.75. The second-order valence-electron chi connectivity index (χ2n) is 5.74. The van der Waals surface area contributed by atoms with Crippen LogP contribution in [0.3, 0.4) is 0 Å². The van der Waals surface area contributed by atoms with Gasteiger partial charge >= 0.3 is 6.03 Å². The predicted octanol–water partition coefficient (Wildman–Crippen LogP) is 1.55. The number of nitrogens with zero attached hydrogens (tertiary/aromatic N) is 1. The molecular weight excluding hydrogens is 294 g/mol. The summed E-state index contributed by atoms with van der Waals surface area (Å²) >= 11 is 0. The second kappa shape index (κ2) is 8.41. The van der Waals surface area contributed by atoms with Crippen molar-refractivity contribution in [3.63, 3.8) is 0 Å². The molecule has 1 aliphatic rings. The lowest BCUT2D eigenvalue weighted by molar-refractivity contribution is -0.128. The fourth-order valence-electron chi connectivity index (χ4n) is 2.36. The number of benzene rings is 1. The predicted molar refractivity (Wildman–Crippen MR) is 88.5 cm³/mol. The number of carbonyl (C=O) groups excluding carboxylic acids is 2. The normalized spacial score (nSPS) is 13.3. The van der Waals surface area contributed by atoms with Crippen LogP contribution in [0.4, 0.5) is 4.79 Å². The lowest BCUT2D eigenvalue weighted by atomic mass is 10.1. The number of rotatable bonds is 8. The minimum Gasteiger partial charge on any atom is -0.496 e. The van der Waals surface area contributed by atoms with Gasteiger partial charge in [-0.05, 0) is 30.9 Å². The molecule has 6 heteroatoms. The van der Waals surface area contributed by atoms with Crippen LogP contribution >= 0.6 is 0 Å². The molecule has 0 unspecified atom stereocenters. The van der Waals surface area contributed by atoms with Gasteiger partial charge in [0.25, 0.3) is 0 Å². The van der Waals surface area contributed by atoms with E-state index < -0.39 is 0 Å². The second-order valence-corrected chi connectivity index (χ2v) is 5.74. The van der Waals surface area contributed by atoms with Crippen molar-refractivity contribution >= 4 is 11.9 Å². The summed E-state index contributed by atoms with van der Waals surface area (Å²) in [5.74, 6) is 0.835. The van der Waals surface area contributed by atoms with Gasteiger partial charge in [-0.2, -0.15) is 0 Å². The first-order valence-corrected chi connectivity index (χ1v) is 8.02. The summed E-state index contributed by atoms with van der Waals surface area (Å²) in [6.45, 7) is 3.10. The van der Waals surface area contributed by atoms with Gasteiger partial charge in [-0.15, -0.1) is 0 Å². The molecule has 2 rings (SSSR count). The molecule has 0 spiro atoms. The molecule has 0 aliphatic heterocycles. The van der Waals surface area contributed by atoms with Gasteiger partial charge in [-0.3, -0.25) is 4.79 Å². The molecule has 2 N–H and O–H groups in total. The van der Waals surface area contributed by atoms with Crippen molar-refractivity contribution in [3.8, 4) is 5.75 Å². The molecular formula is C17H25N3O3. The molecule has 23 heavy (non-hydrogen) atoms. The number of hydrogen-bond acceptors (Lipinski definition) is 3. The summed E-state index contributed by atoms with van der Waals surface area (Å²) in [5, 5.41) is 5.65. The Bertz CT molecular complexity index is 544. The number of para-hydroxylation sites is 1. The van der Waals surface area contributed by atoms with Gasteiger partial charge < -0.3 is 20.3 Å². The standard InChI is InChI=1S/C17H25N3O3/c1-13(21)20(12-10-18-17(22)19-15-7-8-15)11-9-14-5-3-4-6-16(14)23-2/h3-6,15H,7-12H2,1-2H3,(H2,18,19,22). The number of nitrogens with one attached hydrogen (secondary N) is 2. The number of carbonyl (C=O) groups is 2. The zero-order valence-electron chi connectivity index (χ0n) is 13.8. The third kappa shape index (κ3) is 5.81. The zero-order chi connectivity index (χ0) is 16.7. The number of hydrogen-bond donors (Lipinski definition) is 2. The van der Waals surface area contributed by atoms with Crippen LogP contribution < -0.4 is 15.4 Å². The molecule has 126 valence electrons. The summed E-state index contributed by atoms with van der Waals surface area (Å²) in [7, 11) is 1.64. The molecule has 0 bridgehead atoms. The Kier molecular flexibility index (Phi) is 6.26. The van der Waals surface area contributed by atoms with Crippen molar-refractivity contribution in [2.45, 2.75) is 32.2 Å². The largest absolute Gasteiger partial charge is 0.496 e. The molecule has 6 nitrogen and oxygen atoms in total. The summed E-state index contributed by atoms with van der Waals surface area (Å²) in [4.78, 5) is 25.1. The highest BCUT2D eigenvalue weighted by atomic mass is 16.5. The lowest BCUT2D eigenvalue weighted by Gasteiger charge is -2.22. The number of urea groups is 1. The van der Waals surface area contributed by atoms with E-state index in [2.05, 4.69) is 10.6 Å². The minimum atomic E-state index is -0.152. The van der Waals surface area contributed by atoms with E-state index in [4.69, 9.17) is 4.74 Å². The topological polar surface area (TPSA) is 70.7 Å². The molecule has 0 heterocycles. The van der Waals surface area contributed by atoms with Crippen LogP contribution in [0.25, 0.3) is 0 Å². The average Bonchev–Trinajstić information content (AvgIpc) is 3.34. The van der Waals surface area contributed by atoms with E-state index in [1.165, 1.54) is 0 Å². The summed E-state index contributed by atoms with van der Waals surface area (Å²) < 4.78 is 5.32. The van der Waals surface area contributed by atoms with Gasteiger partial charge in [0.1, 0.15) is 5.75 Å². The van der Waals surface area contributed by atoms with Crippen molar-refractivity contribution < 1.29 is 14.3 Å². The third-order valence-corrected chi connectivity index (χ3v) is 3.87. The van der Waals surface area contributed by atoms with E-state index in [0.29, 0.717) is 25.7 Å². The van der Waals surface area contributed by atoms with Crippen LogP contribution in [0.1, 0.15) is 25.3 Å².